The van der Waals surface area contributed by atoms with E-state index in [4.69, 9.17) is 0 Å². The fourth-order valence-corrected chi connectivity index (χ4v) is 10.1. The summed E-state index contributed by atoms with van der Waals surface area (Å²) < 4.78 is 10.0. The lowest BCUT2D eigenvalue weighted by atomic mass is 10.1. The molecule has 0 unspecified atom stereocenters. The van der Waals surface area contributed by atoms with Crippen molar-refractivity contribution in [1.82, 2.24) is 13.7 Å². The van der Waals surface area contributed by atoms with Crippen LogP contribution in [-0.4, -0.2) is 13.7 Å². The van der Waals surface area contributed by atoms with Gasteiger partial charge in [0.2, 0.25) is 0 Å². The molecule has 0 bridgehead atoms. The van der Waals surface area contributed by atoms with Crippen LogP contribution in [0.3, 0.4) is 0 Å². The van der Waals surface area contributed by atoms with E-state index in [2.05, 4.69) is 190 Å². The fraction of sp³-hybridized carbons (Fsp3) is 0. The molecule has 0 aliphatic rings. The Bertz CT molecular complexity index is 3370. The minimum Gasteiger partial charge on any atom is -0.309 e. The molecule has 4 heterocycles. The van der Waals surface area contributed by atoms with Crippen molar-refractivity contribution < 1.29 is 0 Å². The Morgan fingerprint density at radius 1 is 0.308 bits per heavy atom. The van der Waals surface area contributed by atoms with Crippen LogP contribution >= 0.6 is 11.3 Å². The summed E-state index contributed by atoms with van der Waals surface area (Å²) in [5.74, 6) is 0. The first-order valence-corrected chi connectivity index (χ1v) is 18.6. The molecule has 0 spiro atoms. The Morgan fingerprint density at radius 2 is 0.788 bits per heavy atom. The average Bonchev–Trinajstić information content (AvgIpc) is 3.94. The van der Waals surface area contributed by atoms with Gasteiger partial charge in [-0.25, -0.2) is 0 Å². The van der Waals surface area contributed by atoms with Crippen molar-refractivity contribution in [3.8, 4) is 17.1 Å². The summed E-state index contributed by atoms with van der Waals surface area (Å²) in [6.07, 6.45) is 0. The van der Waals surface area contributed by atoms with Crippen LogP contribution < -0.4 is 0 Å². The molecule has 0 saturated carbocycles. The molecule has 8 aromatic carbocycles. The van der Waals surface area contributed by atoms with Crippen molar-refractivity contribution in [3.05, 3.63) is 176 Å². The number of rotatable bonds is 3. The Hall–Kier alpha value is -6.62. The first kappa shape index (κ1) is 28.1. The second-order valence-corrected chi connectivity index (χ2v) is 14.8. The molecule has 0 aliphatic heterocycles. The van der Waals surface area contributed by atoms with Crippen molar-refractivity contribution in [3.63, 3.8) is 0 Å². The third kappa shape index (κ3) is 3.69. The molecule has 0 saturated heterocycles. The highest BCUT2D eigenvalue weighted by molar-refractivity contribution is 7.26. The van der Waals surface area contributed by atoms with Crippen LogP contribution in [0.5, 0.6) is 0 Å². The number of hydrogen-bond acceptors (Lipinski definition) is 1. The fourth-order valence-electron chi connectivity index (χ4n) is 8.91. The Labute approximate surface area is 302 Å². The van der Waals surface area contributed by atoms with Gasteiger partial charge in [0, 0.05) is 53.5 Å². The maximum absolute atomic E-state index is 2.49. The predicted molar refractivity (Wildman–Crippen MR) is 222 cm³/mol. The topological polar surface area (TPSA) is 14.8 Å². The minimum absolute atomic E-state index is 1.17. The second kappa shape index (κ2) is 10.5. The summed E-state index contributed by atoms with van der Waals surface area (Å²) in [6.45, 7) is 0. The first-order chi connectivity index (χ1) is 25.8. The van der Waals surface area contributed by atoms with Gasteiger partial charge in [-0.1, -0.05) is 109 Å². The zero-order valence-electron chi connectivity index (χ0n) is 28.0. The van der Waals surface area contributed by atoms with Gasteiger partial charge in [0.15, 0.2) is 0 Å². The predicted octanol–water partition coefficient (Wildman–Crippen LogP) is 13.3. The van der Waals surface area contributed by atoms with Crippen molar-refractivity contribution in [2.45, 2.75) is 0 Å². The van der Waals surface area contributed by atoms with E-state index in [0.29, 0.717) is 0 Å². The summed E-state index contributed by atoms with van der Waals surface area (Å²) in [5, 5.41) is 10.2. The maximum Gasteiger partial charge on any atom is 0.0640 e. The highest BCUT2D eigenvalue weighted by Crippen LogP contribution is 2.44. The molecule has 4 heteroatoms. The van der Waals surface area contributed by atoms with Crippen LogP contribution in [0, 0.1) is 0 Å². The van der Waals surface area contributed by atoms with Crippen LogP contribution in [0.25, 0.3) is 103 Å². The lowest BCUT2D eigenvalue weighted by molar-refractivity contribution is 1.17. The molecule has 0 amide bonds. The van der Waals surface area contributed by atoms with E-state index in [0.717, 1.165) is 0 Å². The molecule has 0 atom stereocenters. The molecule has 0 aliphatic carbocycles. The van der Waals surface area contributed by atoms with Crippen LogP contribution in [-0.2, 0) is 0 Å². The monoisotopic (exact) mass is 679 g/mol. The third-order valence-corrected chi connectivity index (χ3v) is 12.2. The summed E-state index contributed by atoms with van der Waals surface area (Å²) >= 11 is 1.88. The lowest BCUT2D eigenvalue weighted by Crippen LogP contribution is -1.97. The Balaban J connectivity index is 1.16. The van der Waals surface area contributed by atoms with E-state index < -0.39 is 0 Å². The van der Waals surface area contributed by atoms with Gasteiger partial charge in [-0.15, -0.1) is 11.3 Å². The molecule has 0 radical (unpaired) electrons. The standard InChI is InChI=1S/C48H29N3S/c1-6-19-38-31(13-1)32-14-2-7-20-39(32)49(38)30-27-28-42-37(29-30)33-15-3-8-21-40(33)50(42)43-23-12-24-44-47(43)36-17-4-9-22-41(36)51(44)45-25-11-18-35-34-16-5-10-26-46(34)52-48(35)45/h1-29H. The summed E-state index contributed by atoms with van der Waals surface area (Å²) in [4.78, 5) is 0. The van der Waals surface area contributed by atoms with Crippen LogP contribution in [0.4, 0.5) is 0 Å². The smallest absolute Gasteiger partial charge is 0.0640 e. The van der Waals surface area contributed by atoms with E-state index in [1.807, 2.05) is 11.3 Å². The average molecular weight is 680 g/mol. The van der Waals surface area contributed by atoms with Crippen LogP contribution in [0.15, 0.2) is 176 Å². The summed E-state index contributed by atoms with van der Waals surface area (Å²) in [6, 6.07) is 64.6. The molecule has 0 fully saturated rings. The highest BCUT2D eigenvalue weighted by atomic mass is 32.1. The number of hydrogen-bond donors (Lipinski definition) is 0. The molecular weight excluding hydrogens is 651 g/mol. The SMILES string of the molecule is c1ccc2c(c1)sc1c(-n3c4ccccc4c4c(-n5c6ccccc6c6cc(-n7c8ccccc8c8ccccc87)ccc65)cccc43)cccc12. The van der Waals surface area contributed by atoms with E-state index in [-0.39, 0.29) is 0 Å². The number of aromatic nitrogens is 3. The summed E-state index contributed by atoms with van der Waals surface area (Å²) in [5.41, 5.74) is 10.8. The normalized spacial score (nSPS) is 12.2. The maximum atomic E-state index is 2.49. The molecule has 52 heavy (non-hydrogen) atoms. The number of fused-ring (bicyclic) bond motifs is 12. The first-order valence-electron chi connectivity index (χ1n) is 17.8. The van der Waals surface area contributed by atoms with Gasteiger partial charge in [0.05, 0.1) is 49.2 Å². The zero-order chi connectivity index (χ0) is 33.9. The van der Waals surface area contributed by atoms with Crippen molar-refractivity contribution in [2.75, 3.05) is 0 Å². The van der Waals surface area contributed by atoms with Gasteiger partial charge in [-0.05, 0) is 66.7 Å². The number of thiophene rings is 1. The van der Waals surface area contributed by atoms with Gasteiger partial charge >= 0.3 is 0 Å². The molecule has 0 N–H and O–H groups in total. The molecule has 4 aromatic heterocycles. The second-order valence-electron chi connectivity index (χ2n) is 13.7. The van der Waals surface area contributed by atoms with Crippen LogP contribution in [0.2, 0.25) is 0 Å². The van der Waals surface area contributed by atoms with E-state index in [1.54, 1.807) is 0 Å². The molecule has 3 nitrogen and oxygen atoms in total. The molecule has 12 rings (SSSR count). The zero-order valence-corrected chi connectivity index (χ0v) is 28.8. The Kier molecular flexibility index (Phi) is 5.65. The molecular formula is C48H29N3S. The van der Waals surface area contributed by atoms with Crippen molar-refractivity contribution in [1.29, 1.82) is 0 Å². The highest BCUT2D eigenvalue weighted by Gasteiger charge is 2.22. The minimum atomic E-state index is 1.17. The number of nitrogens with zero attached hydrogens (tertiary/aromatic N) is 3. The van der Waals surface area contributed by atoms with Crippen LogP contribution in [0.1, 0.15) is 0 Å². The van der Waals surface area contributed by atoms with Crippen molar-refractivity contribution >= 4 is 96.9 Å². The van der Waals surface area contributed by atoms with Gasteiger partial charge in [-0.3, -0.25) is 0 Å². The van der Waals surface area contributed by atoms with Crippen molar-refractivity contribution in [2.24, 2.45) is 0 Å². The number of para-hydroxylation sites is 4. The lowest BCUT2D eigenvalue weighted by Gasteiger charge is -2.13. The summed E-state index contributed by atoms with van der Waals surface area (Å²) in [7, 11) is 0. The quantitative estimate of drug-likeness (QED) is 0.177. The van der Waals surface area contributed by atoms with Gasteiger partial charge in [-0.2, -0.15) is 0 Å². The number of benzene rings is 8. The Morgan fingerprint density at radius 3 is 1.52 bits per heavy atom. The van der Waals surface area contributed by atoms with E-state index >= 15 is 0 Å². The van der Waals surface area contributed by atoms with E-state index in [9.17, 15) is 0 Å². The molecule has 12 aromatic rings. The largest absolute Gasteiger partial charge is 0.309 e. The van der Waals surface area contributed by atoms with Gasteiger partial charge in [0.25, 0.3) is 0 Å². The van der Waals surface area contributed by atoms with Gasteiger partial charge in [0.1, 0.15) is 0 Å². The van der Waals surface area contributed by atoms with Gasteiger partial charge < -0.3 is 13.7 Å². The third-order valence-electron chi connectivity index (χ3n) is 11.0. The molecule has 242 valence electrons. The van der Waals surface area contributed by atoms with E-state index in [1.165, 1.54) is 103 Å².